The number of sulfonamides is 1. The maximum absolute atomic E-state index is 13.1. The van der Waals surface area contributed by atoms with Gasteiger partial charge in [0.15, 0.2) is 0 Å². The van der Waals surface area contributed by atoms with Crippen molar-refractivity contribution in [2.24, 2.45) is 0 Å². The van der Waals surface area contributed by atoms with E-state index in [0.717, 1.165) is 0 Å². The zero-order valence-corrected chi connectivity index (χ0v) is 15.0. The SMILES string of the molecule is CC(C)N(CC#CCNS(=O)(=O)Cc1cccc(F)c1)C(C)C. The van der Waals surface area contributed by atoms with Crippen LogP contribution in [-0.2, 0) is 15.8 Å². The van der Waals surface area contributed by atoms with Crippen LogP contribution in [0.25, 0.3) is 0 Å². The molecule has 0 spiro atoms. The molecule has 1 rings (SSSR count). The summed E-state index contributed by atoms with van der Waals surface area (Å²) in [5, 5.41) is 0. The van der Waals surface area contributed by atoms with Gasteiger partial charge in [-0.3, -0.25) is 4.90 Å². The Morgan fingerprint density at radius 1 is 1.17 bits per heavy atom. The van der Waals surface area contributed by atoms with Crippen LogP contribution in [0.4, 0.5) is 4.39 Å². The lowest BCUT2D eigenvalue weighted by molar-refractivity contribution is 0.200. The predicted molar refractivity (Wildman–Crippen MR) is 91.8 cm³/mol. The number of halogens is 1. The normalized spacial score (nSPS) is 11.8. The Hall–Kier alpha value is -1.42. The molecular weight excluding hydrogens is 315 g/mol. The van der Waals surface area contributed by atoms with Crippen molar-refractivity contribution in [2.45, 2.75) is 45.5 Å². The fourth-order valence-corrected chi connectivity index (χ4v) is 3.23. The second kappa shape index (κ2) is 9.02. The Labute approximate surface area is 139 Å². The van der Waals surface area contributed by atoms with Crippen molar-refractivity contribution in [3.63, 3.8) is 0 Å². The molecule has 0 radical (unpaired) electrons. The molecule has 1 aromatic rings. The van der Waals surface area contributed by atoms with Crippen LogP contribution in [0.1, 0.15) is 33.3 Å². The van der Waals surface area contributed by atoms with Crippen molar-refractivity contribution in [2.75, 3.05) is 13.1 Å². The third-order valence-electron chi connectivity index (χ3n) is 3.34. The summed E-state index contributed by atoms with van der Waals surface area (Å²) in [6, 6.07) is 6.34. The summed E-state index contributed by atoms with van der Waals surface area (Å²) < 4.78 is 39.3. The second-order valence-electron chi connectivity index (χ2n) is 5.92. The Bertz CT molecular complexity index is 653. The van der Waals surface area contributed by atoms with Gasteiger partial charge in [-0.1, -0.05) is 24.0 Å². The summed E-state index contributed by atoms with van der Waals surface area (Å²) in [6.45, 7) is 9.06. The highest BCUT2D eigenvalue weighted by molar-refractivity contribution is 7.88. The van der Waals surface area contributed by atoms with Crippen LogP contribution in [0.5, 0.6) is 0 Å². The molecule has 0 heterocycles. The van der Waals surface area contributed by atoms with Crippen molar-refractivity contribution < 1.29 is 12.8 Å². The fraction of sp³-hybridized carbons (Fsp3) is 0.529. The molecule has 0 unspecified atom stereocenters. The molecule has 0 amide bonds. The fourth-order valence-electron chi connectivity index (χ4n) is 2.21. The van der Waals surface area contributed by atoms with E-state index < -0.39 is 15.8 Å². The molecule has 0 fully saturated rings. The minimum absolute atomic E-state index is 0.0572. The lowest BCUT2D eigenvalue weighted by Crippen LogP contribution is -2.37. The van der Waals surface area contributed by atoms with E-state index in [9.17, 15) is 12.8 Å². The topological polar surface area (TPSA) is 49.4 Å². The zero-order valence-electron chi connectivity index (χ0n) is 14.1. The quantitative estimate of drug-likeness (QED) is 0.775. The van der Waals surface area contributed by atoms with Crippen molar-refractivity contribution in [1.29, 1.82) is 0 Å². The zero-order chi connectivity index (χ0) is 17.5. The first-order valence-corrected chi connectivity index (χ1v) is 9.29. The summed E-state index contributed by atoms with van der Waals surface area (Å²) in [4.78, 5) is 2.22. The van der Waals surface area contributed by atoms with Gasteiger partial charge in [0.05, 0.1) is 18.8 Å². The molecule has 0 bridgehead atoms. The van der Waals surface area contributed by atoms with E-state index in [2.05, 4.69) is 49.2 Å². The summed E-state index contributed by atoms with van der Waals surface area (Å²) in [5.74, 6) is 5.11. The molecule has 4 nitrogen and oxygen atoms in total. The molecule has 0 aromatic heterocycles. The Morgan fingerprint density at radius 2 is 1.83 bits per heavy atom. The highest BCUT2D eigenvalue weighted by Crippen LogP contribution is 2.07. The minimum Gasteiger partial charge on any atom is -0.287 e. The summed E-state index contributed by atoms with van der Waals surface area (Å²) in [6.07, 6.45) is 0. The van der Waals surface area contributed by atoms with Gasteiger partial charge >= 0.3 is 0 Å². The molecule has 23 heavy (non-hydrogen) atoms. The molecule has 0 saturated heterocycles. The number of hydrogen-bond acceptors (Lipinski definition) is 3. The summed E-state index contributed by atoms with van der Waals surface area (Å²) in [7, 11) is -3.52. The van der Waals surface area contributed by atoms with Crippen LogP contribution >= 0.6 is 0 Å². The number of nitrogens with one attached hydrogen (secondary N) is 1. The third kappa shape index (κ3) is 7.60. The van der Waals surface area contributed by atoms with E-state index in [1.54, 1.807) is 6.07 Å². The van der Waals surface area contributed by atoms with Crippen molar-refractivity contribution >= 4 is 10.0 Å². The van der Waals surface area contributed by atoms with Gasteiger partial charge in [0.1, 0.15) is 5.82 Å². The van der Waals surface area contributed by atoms with Crippen LogP contribution in [0, 0.1) is 17.7 Å². The maximum atomic E-state index is 13.1. The highest BCUT2D eigenvalue weighted by Gasteiger charge is 2.12. The van der Waals surface area contributed by atoms with Gasteiger partial charge < -0.3 is 0 Å². The molecule has 0 aliphatic rings. The van der Waals surface area contributed by atoms with Crippen LogP contribution < -0.4 is 4.72 Å². The molecule has 128 valence electrons. The van der Waals surface area contributed by atoms with E-state index >= 15 is 0 Å². The van der Waals surface area contributed by atoms with Gasteiger partial charge in [-0.25, -0.2) is 17.5 Å². The van der Waals surface area contributed by atoms with Gasteiger partial charge in [-0.2, -0.15) is 0 Å². The Kier molecular flexibility index (Phi) is 7.69. The number of benzene rings is 1. The van der Waals surface area contributed by atoms with Gasteiger partial charge in [0, 0.05) is 12.1 Å². The van der Waals surface area contributed by atoms with Crippen LogP contribution in [-0.4, -0.2) is 38.5 Å². The van der Waals surface area contributed by atoms with Gasteiger partial charge in [0.25, 0.3) is 0 Å². The van der Waals surface area contributed by atoms with Crippen LogP contribution in [0.3, 0.4) is 0 Å². The third-order valence-corrected chi connectivity index (χ3v) is 4.64. The van der Waals surface area contributed by atoms with E-state index in [1.165, 1.54) is 18.2 Å². The average Bonchev–Trinajstić information content (AvgIpc) is 2.41. The highest BCUT2D eigenvalue weighted by atomic mass is 32.2. The lowest BCUT2D eigenvalue weighted by atomic mass is 10.2. The molecule has 1 N–H and O–H groups in total. The van der Waals surface area contributed by atoms with Crippen LogP contribution in [0.2, 0.25) is 0 Å². The molecule has 0 aliphatic carbocycles. The minimum atomic E-state index is -3.52. The van der Waals surface area contributed by atoms with E-state index in [-0.39, 0.29) is 12.3 Å². The van der Waals surface area contributed by atoms with Gasteiger partial charge in [0.2, 0.25) is 10.0 Å². The largest absolute Gasteiger partial charge is 0.287 e. The first-order valence-electron chi connectivity index (χ1n) is 7.64. The van der Waals surface area contributed by atoms with Crippen molar-refractivity contribution in [1.82, 2.24) is 9.62 Å². The number of hydrogen-bond donors (Lipinski definition) is 1. The summed E-state index contributed by atoms with van der Waals surface area (Å²) >= 11 is 0. The first kappa shape index (κ1) is 19.6. The monoisotopic (exact) mass is 340 g/mol. The van der Waals surface area contributed by atoms with Gasteiger partial charge in [-0.05, 0) is 45.4 Å². The molecule has 0 aliphatic heterocycles. The van der Waals surface area contributed by atoms with E-state index in [0.29, 0.717) is 24.2 Å². The Morgan fingerprint density at radius 3 is 2.39 bits per heavy atom. The first-order chi connectivity index (χ1) is 10.7. The maximum Gasteiger partial charge on any atom is 0.216 e. The number of nitrogens with zero attached hydrogens (tertiary/aromatic N) is 1. The van der Waals surface area contributed by atoms with Crippen molar-refractivity contribution in [3.05, 3.63) is 35.6 Å². The summed E-state index contributed by atoms with van der Waals surface area (Å²) in [5.41, 5.74) is 0.413. The molecule has 6 heteroatoms. The molecular formula is C17H25FN2O2S. The smallest absolute Gasteiger partial charge is 0.216 e. The lowest BCUT2D eigenvalue weighted by Gasteiger charge is -2.28. The second-order valence-corrected chi connectivity index (χ2v) is 7.73. The average molecular weight is 340 g/mol. The number of rotatable bonds is 7. The van der Waals surface area contributed by atoms with E-state index in [1.807, 2.05) is 0 Å². The van der Waals surface area contributed by atoms with Crippen molar-refractivity contribution in [3.8, 4) is 11.8 Å². The van der Waals surface area contributed by atoms with Gasteiger partial charge in [-0.15, -0.1) is 0 Å². The van der Waals surface area contributed by atoms with E-state index in [4.69, 9.17) is 0 Å². The molecule has 1 aromatic carbocycles. The molecule has 0 atom stereocenters. The van der Waals surface area contributed by atoms with Crippen LogP contribution in [0.15, 0.2) is 24.3 Å². The Balaban J connectivity index is 2.50. The predicted octanol–water partition coefficient (Wildman–Crippen LogP) is 2.37. The molecule has 0 saturated carbocycles. The standard InChI is InChI=1S/C17H25FN2O2S/c1-14(2)20(15(3)4)11-6-5-10-19-23(21,22)13-16-8-7-9-17(18)12-16/h7-9,12,14-15,19H,10-11,13H2,1-4H3.